The minimum atomic E-state index is -0.813. The molecule has 0 unspecified atom stereocenters. The molecule has 6 heteroatoms. The zero-order valence-electron chi connectivity index (χ0n) is 12.6. The molecule has 0 radical (unpaired) electrons. The number of imide groups is 1. The van der Waals surface area contributed by atoms with Crippen LogP contribution in [0.25, 0.3) is 0 Å². The summed E-state index contributed by atoms with van der Waals surface area (Å²) in [5.41, 5.74) is 6.36. The molecular formula is C15H21N3O3. The Labute approximate surface area is 124 Å². The Morgan fingerprint density at radius 2 is 2.10 bits per heavy atom. The monoisotopic (exact) mass is 291 g/mol. The third kappa shape index (κ3) is 2.94. The van der Waals surface area contributed by atoms with E-state index in [0.717, 1.165) is 12.1 Å². The molecule has 1 aromatic carbocycles. The molecule has 3 N–H and O–H groups in total. The lowest BCUT2D eigenvalue weighted by Gasteiger charge is -2.41. The van der Waals surface area contributed by atoms with Crippen LogP contribution in [0.3, 0.4) is 0 Å². The summed E-state index contributed by atoms with van der Waals surface area (Å²) < 4.78 is 5.60. The van der Waals surface area contributed by atoms with Crippen LogP contribution in [-0.4, -0.2) is 30.5 Å². The fourth-order valence-electron chi connectivity index (χ4n) is 2.22. The van der Waals surface area contributed by atoms with Gasteiger partial charge in [-0.15, -0.1) is 0 Å². The lowest BCUT2D eigenvalue weighted by atomic mass is 9.97. The Morgan fingerprint density at radius 1 is 1.38 bits per heavy atom. The first-order valence-electron chi connectivity index (χ1n) is 7.00. The number of nitrogens with two attached hydrogens (primary N) is 1. The normalized spacial score (nSPS) is 17.6. The maximum Gasteiger partial charge on any atom is 0.251 e. The quantitative estimate of drug-likeness (QED) is 0.645. The van der Waals surface area contributed by atoms with E-state index in [2.05, 4.69) is 5.32 Å². The van der Waals surface area contributed by atoms with Gasteiger partial charge in [-0.05, 0) is 32.4 Å². The van der Waals surface area contributed by atoms with Gasteiger partial charge in [0.25, 0.3) is 5.91 Å². The van der Waals surface area contributed by atoms with Gasteiger partial charge in [0.2, 0.25) is 5.91 Å². The van der Waals surface area contributed by atoms with Crippen LogP contribution in [0.1, 0.15) is 27.2 Å². The molecule has 1 aliphatic heterocycles. The molecule has 2 rings (SSSR count). The molecule has 1 heterocycles. The number of anilines is 2. The van der Waals surface area contributed by atoms with Gasteiger partial charge in [-0.2, -0.15) is 0 Å². The van der Waals surface area contributed by atoms with E-state index in [-0.39, 0.29) is 18.4 Å². The van der Waals surface area contributed by atoms with Crippen molar-refractivity contribution in [2.24, 2.45) is 0 Å². The van der Waals surface area contributed by atoms with E-state index in [1.54, 1.807) is 36.9 Å². The summed E-state index contributed by atoms with van der Waals surface area (Å²) in [6.07, 6.45) is 0.875. The van der Waals surface area contributed by atoms with E-state index in [4.69, 9.17) is 10.5 Å². The van der Waals surface area contributed by atoms with Gasteiger partial charge < -0.3 is 15.4 Å². The summed E-state index contributed by atoms with van der Waals surface area (Å²) in [6.45, 7) is 6.25. The van der Waals surface area contributed by atoms with Crippen molar-refractivity contribution in [3.8, 4) is 5.75 Å². The van der Waals surface area contributed by atoms with E-state index in [1.807, 2.05) is 6.92 Å². The topological polar surface area (TPSA) is 84.7 Å². The second kappa shape index (κ2) is 5.63. The van der Waals surface area contributed by atoms with Gasteiger partial charge >= 0.3 is 0 Å². The van der Waals surface area contributed by atoms with Crippen molar-refractivity contribution in [3.05, 3.63) is 18.2 Å². The molecular weight excluding hydrogens is 270 g/mol. The molecule has 1 fully saturated rings. The van der Waals surface area contributed by atoms with E-state index < -0.39 is 5.54 Å². The lowest BCUT2D eigenvalue weighted by Crippen LogP contribution is -2.64. The van der Waals surface area contributed by atoms with E-state index >= 15 is 0 Å². The second-order valence-electron chi connectivity index (χ2n) is 5.59. The number of carbonyl (C=O) groups excluding carboxylic acids is 2. The highest BCUT2D eigenvalue weighted by Gasteiger charge is 2.41. The Balaban J connectivity index is 2.35. The minimum Gasteiger partial charge on any atom is -0.491 e. The molecule has 21 heavy (non-hydrogen) atoms. The molecule has 6 nitrogen and oxygen atoms in total. The second-order valence-corrected chi connectivity index (χ2v) is 5.59. The Morgan fingerprint density at radius 3 is 2.76 bits per heavy atom. The van der Waals surface area contributed by atoms with Gasteiger partial charge in [0.1, 0.15) is 11.3 Å². The smallest absolute Gasteiger partial charge is 0.251 e. The number of piperazine rings is 1. The van der Waals surface area contributed by atoms with Crippen LogP contribution in [0.2, 0.25) is 0 Å². The number of benzene rings is 1. The molecule has 1 saturated heterocycles. The summed E-state index contributed by atoms with van der Waals surface area (Å²) in [4.78, 5) is 25.4. The van der Waals surface area contributed by atoms with Crippen molar-refractivity contribution >= 4 is 23.2 Å². The van der Waals surface area contributed by atoms with Crippen molar-refractivity contribution in [2.75, 3.05) is 23.8 Å². The summed E-state index contributed by atoms with van der Waals surface area (Å²) in [5.74, 6) is -0.0534. The van der Waals surface area contributed by atoms with Gasteiger partial charge in [-0.25, -0.2) is 0 Å². The third-order valence-electron chi connectivity index (χ3n) is 3.56. The van der Waals surface area contributed by atoms with Crippen molar-refractivity contribution in [3.63, 3.8) is 0 Å². The lowest BCUT2D eigenvalue weighted by molar-refractivity contribution is -0.135. The molecule has 0 spiro atoms. The first-order valence-corrected chi connectivity index (χ1v) is 7.00. The number of hydrogen-bond acceptors (Lipinski definition) is 5. The van der Waals surface area contributed by atoms with Crippen LogP contribution in [0.4, 0.5) is 11.4 Å². The fourth-order valence-corrected chi connectivity index (χ4v) is 2.22. The predicted octanol–water partition coefficient (Wildman–Crippen LogP) is 1.30. The van der Waals surface area contributed by atoms with Gasteiger partial charge in [0, 0.05) is 11.8 Å². The van der Waals surface area contributed by atoms with Gasteiger partial charge in [0.05, 0.1) is 18.8 Å². The van der Waals surface area contributed by atoms with Crippen molar-refractivity contribution in [2.45, 2.75) is 32.7 Å². The number of nitrogens with one attached hydrogen (secondary N) is 1. The van der Waals surface area contributed by atoms with E-state index in [1.165, 1.54) is 0 Å². The number of ether oxygens (including phenoxy) is 1. The number of hydrogen-bond donors (Lipinski definition) is 2. The largest absolute Gasteiger partial charge is 0.491 e. The van der Waals surface area contributed by atoms with Crippen LogP contribution in [0, 0.1) is 0 Å². The first-order chi connectivity index (χ1) is 9.86. The number of nitrogen functional groups attached to an aromatic ring is 1. The van der Waals surface area contributed by atoms with E-state index in [0.29, 0.717) is 18.0 Å². The highest BCUT2D eigenvalue weighted by atomic mass is 16.5. The molecule has 114 valence electrons. The van der Waals surface area contributed by atoms with Crippen LogP contribution in [0.5, 0.6) is 5.75 Å². The molecule has 2 amide bonds. The fraction of sp³-hybridized carbons (Fsp3) is 0.467. The van der Waals surface area contributed by atoms with Crippen molar-refractivity contribution < 1.29 is 14.3 Å². The SMILES string of the molecule is CCCOc1cc(N2CC(=O)NC(=O)C2(C)C)ccc1N. The molecule has 0 aliphatic carbocycles. The van der Waals surface area contributed by atoms with Crippen LogP contribution < -0.4 is 20.7 Å². The Kier molecular flexibility index (Phi) is 4.06. The van der Waals surface area contributed by atoms with Gasteiger partial charge in [0.15, 0.2) is 0 Å². The highest BCUT2D eigenvalue weighted by molar-refractivity contribution is 6.06. The number of amides is 2. The number of nitrogens with zero attached hydrogens (tertiary/aromatic N) is 1. The van der Waals surface area contributed by atoms with Crippen molar-refractivity contribution in [1.29, 1.82) is 0 Å². The molecule has 1 aliphatic rings. The molecule has 0 aromatic heterocycles. The molecule has 0 bridgehead atoms. The summed E-state index contributed by atoms with van der Waals surface area (Å²) in [7, 11) is 0. The molecule has 0 saturated carbocycles. The maximum atomic E-state index is 12.0. The minimum absolute atomic E-state index is 0.121. The first kappa shape index (κ1) is 15.2. The van der Waals surface area contributed by atoms with E-state index in [9.17, 15) is 9.59 Å². The van der Waals surface area contributed by atoms with Crippen LogP contribution in [-0.2, 0) is 9.59 Å². The highest BCUT2D eigenvalue weighted by Crippen LogP contribution is 2.32. The average Bonchev–Trinajstić information content (AvgIpc) is 2.42. The third-order valence-corrected chi connectivity index (χ3v) is 3.56. The molecule has 0 atom stereocenters. The van der Waals surface area contributed by atoms with Crippen molar-refractivity contribution in [1.82, 2.24) is 5.32 Å². The number of carbonyl (C=O) groups is 2. The van der Waals surface area contributed by atoms with Gasteiger partial charge in [-0.3, -0.25) is 14.9 Å². The summed E-state index contributed by atoms with van der Waals surface area (Å²) in [5, 5.41) is 2.35. The Bertz CT molecular complexity index is 569. The van der Waals surface area contributed by atoms with Crippen LogP contribution in [0.15, 0.2) is 18.2 Å². The number of rotatable bonds is 4. The predicted molar refractivity (Wildman–Crippen MR) is 81.2 cm³/mol. The maximum absolute atomic E-state index is 12.0. The standard InChI is InChI=1S/C15H21N3O3/c1-4-7-21-12-8-10(5-6-11(12)16)18-9-13(19)17-14(20)15(18,2)3/h5-6,8H,4,7,9,16H2,1-3H3,(H,17,19,20). The summed E-state index contributed by atoms with van der Waals surface area (Å²) in [6, 6.07) is 5.30. The van der Waals surface area contributed by atoms with Gasteiger partial charge in [-0.1, -0.05) is 6.92 Å². The average molecular weight is 291 g/mol. The molecule has 1 aromatic rings. The summed E-state index contributed by atoms with van der Waals surface area (Å²) >= 11 is 0. The Hall–Kier alpha value is -2.24. The zero-order chi connectivity index (χ0) is 15.6. The zero-order valence-corrected chi connectivity index (χ0v) is 12.6. The van der Waals surface area contributed by atoms with Crippen LogP contribution >= 0.6 is 0 Å².